The molecule has 0 spiro atoms. The zero-order chi connectivity index (χ0) is 15.9. The molecule has 2 aliphatic heterocycles. The van der Waals surface area contributed by atoms with E-state index in [2.05, 4.69) is 44.2 Å². The topological polar surface area (TPSA) is 88.9 Å². The first-order chi connectivity index (χ1) is 11.8. The van der Waals surface area contributed by atoms with Crippen LogP contribution in [0.15, 0.2) is 48.5 Å². The number of aromatic amines is 2. The maximum atomic E-state index is 4.63. The summed E-state index contributed by atoms with van der Waals surface area (Å²) in [5.74, 6) is 0. The third-order valence-corrected chi connectivity index (χ3v) is 4.04. The van der Waals surface area contributed by atoms with Crippen molar-refractivity contribution in [3.63, 3.8) is 0 Å². The minimum absolute atomic E-state index is 0. The van der Waals surface area contributed by atoms with E-state index in [0.29, 0.717) is 0 Å². The Morgan fingerprint density at radius 3 is 1.04 bits per heavy atom. The van der Waals surface area contributed by atoms with Crippen molar-refractivity contribution < 1.29 is 22.5 Å². The van der Waals surface area contributed by atoms with E-state index in [4.69, 9.17) is 0 Å². The van der Waals surface area contributed by atoms with Gasteiger partial charge in [-0.05, 0) is 72.8 Å². The van der Waals surface area contributed by atoms with Crippen LogP contribution >= 0.6 is 0 Å². The van der Waals surface area contributed by atoms with Crippen molar-refractivity contribution in [3.8, 4) is 0 Å². The monoisotopic (exact) mass is 384 g/mol. The summed E-state index contributed by atoms with van der Waals surface area (Å²) >= 11 is 0. The molecule has 0 amide bonds. The van der Waals surface area contributed by atoms with Crippen molar-refractivity contribution in [3.05, 3.63) is 71.3 Å². The maximum Gasteiger partial charge on any atom is 2.00 e. The van der Waals surface area contributed by atoms with Gasteiger partial charge in [-0.15, -0.1) is 0 Å². The molecule has 0 radical (unpaired) electrons. The Kier molecular flexibility index (Phi) is 4.91. The molecule has 5 heterocycles. The zero-order valence-corrected chi connectivity index (χ0v) is 14.8. The molecule has 6 heteroatoms. The smallest absolute Gasteiger partial charge is 0.412 e. The fourth-order valence-corrected chi connectivity index (χ4v) is 2.94. The fourth-order valence-electron chi connectivity index (χ4n) is 2.94. The SMILES string of the molecule is C1=Cc2cc3ccc(cc4nc(cc5ccc(cc1n2)[nH]5)C=C4)[nH]3.O.[Fe+2]. The molecule has 0 aliphatic carbocycles. The van der Waals surface area contributed by atoms with E-state index in [1.165, 1.54) is 0 Å². The number of aromatic nitrogens is 4. The van der Waals surface area contributed by atoms with Gasteiger partial charge < -0.3 is 15.4 Å². The van der Waals surface area contributed by atoms with Gasteiger partial charge >= 0.3 is 17.1 Å². The Hall–Kier alpha value is -2.92. The Morgan fingerprint density at radius 2 is 0.769 bits per heavy atom. The summed E-state index contributed by atoms with van der Waals surface area (Å²) in [4.78, 5) is 16.0. The zero-order valence-electron chi connectivity index (χ0n) is 13.7. The number of nitrogens with zero attached hydrogens (tertiary/aromatic N) is 2. The summed E-state index contributed by atoms with van der Waals surface area (Å²) in [7, 11) is 0. The molecule has 8 bridgehead atoms. The van der Waals surface area contributed by atoms with E-state index in [1.54, 1.807) is 0 Å². The van der Waals surface area contributed by atoms with Crippen LogP contribution in [0, 0.1) is 0 Å². The Morgan fingerprint density at radius 1 is 0.500 bits per heavy atom. The first-order valence-corrected chi connectivity index (χ1v) is 7.85. The van der Waals surface area contributed by atoms with E-state index in [1.807, 2.05) is 48.6 Å². The second-order valence-corrected chi connectivity index (χ2v) is 5.91. The van der Waals surface area contributed by atoms with E-state index < -0.39 is 0 Å². The van der Waals surface area contributed by atoms with Gasteiger partial charge in [-0.1, -0.05) is 0 Å². The minimum atomic E-state index is 0. The predicted octanol–water partition coefficient (Wildman–Crippen LogP) is 3.83. The Balaban J connectivity index is 0.000000980. The maximum absolute atomic E-state index is 4.63. The van der Waals surface area contributed by atoms with Crippen LogP contribution in [0.4, 0.5) is 0 Å². The molecule has 5 nitrogen and oxygen atoms in total. The molecule has 4 N–H and O–H groups in total. The molecule has 0 aromatic carbocycles. The molecule has 2 aliphatic rings. The molecule has 3 aromatic heterocycles. The van der Waals surface area contributed by atoms with E-state index in [9.17, 15) is 0 Å². The van der Waals surface area contributed by atoms with Crippen LogP contribution in [0.5, 0.6) is 0 Å². The van der Waals surface area contributed by atoms with Crippen LogP contribution in [-0.2, 0) is 17.1 Å². The second kappa shape index (κ2) is 7.14. The van der Waals surface area contributed by atoms with Crippen molar-refractivity contribution in [2.45, 2.75) is 0 Å². The molecular weight excluding hydrogens is 368 g/mol. The van der Waals surface area contributed by atoms with Crippen LogP contribution < -0.4 is 0 Å². The summed E-state index contributed by atoms with van der Waals surface area (Å²) in [5, 5.41) is 0. The summed E-state index contributed by atoms with van der Waals surface area (Å²) in [6, 6.07) is 16.4. The average molecular weight is 384 g/mol. The molecule has 5 rings (SSSR count). The quantitative estimate of drug-likeness (QED) is 0.398. The standard InChI is InChI=1S/C20H14N4.Fe.H2O/c1-2-14-10-16-5-6-18(23-16)12-20-8-7-19(24-20)11-17-4-3-15(22-17)9-13(1)21-14;;/h1-12,21,24H;;1H2/q;+2;. The van der Waals surface area contributed by atoms with Crippen molar-refractivity contribution in [2.24, 2.45) is 0 Å². The summed E-state index contributed by atoms with van der Waals surface area (Å²) < 4.78 is 0. The number of rotatable bonds is 0. The third kappa shape index (κ3) is 3.53. The van der Waals surface area contributed by atoms with Gasteiger partial charge in [0.1, 0.15) is 0 Å². The van der Waals surface area contributed by atoms with Gasteiger partial charge in [-0.25, -0.2) is 9.97 Å². The van der Waals surface area contributed by atoms with Gasteiger partial charge in [0.2, 0.25) is 0 Å². The number of hydrogen-bond acceptors (Lipinski definition) is 2. The normalized spacial score (nSPS) is 11.7. The number of nitrogens with one attached hydrogen (secondary N) is 2. The molecule has 0 fully saturated rings. The largest absolute Gasteiger partial charge is 2.00 e. The van der Waals surface area contributed by atoms with Crippen LogP contribution in [0.1, 0.15) is 22.8 Å². The first-order valence-electron chi connectivity index (χ1n) is 7.85. The average Bonchev–Trinajstić information content (AvgIpc) is 3.32. The van der Waals surface area contributed by atoms with Gasteiger partial charge in [0.25, 0.3) is 0 Å². The molecule has 128 valence electrons. The first kappa shape index (κ1) is 17.9. The molecule has 0 unspecified atom stereocenters. The summed E-state index contributed by atoms with van der Waals surface area (Å²) in [6.07, 6.45) is 8.09. The van der Waals surface area contributed by atoms with Crippen LogP contribution in [-0.4, -0.2) is 25.4 Å². The van der Waals surface area contributed by atoms with Crippen LogP contribution in [0.3, 0.4) is 0 Å². The van der Waals surface area contributed by atoms with Crippen molar-refractivity contribution in [1.29, 1.82) is 0 Å². The third-order valence-electron chi connectivity index (χ3n) is 4.04. The Bertz CT molecular complexity index is 996. The van der Waals surface area contributed by atoms with Gasteiger partial charge in [-0.2, -0.15) is 0 Å². The molecule has 26 heavy (non-hydrogen) atoms. The van der Waals surface area contributed by atoms with Gasteiger partial charge in [0.05, 0.1) is 22.8 Å². The van der Waals surface area contributed by atoms with E-state index in [-0.39, 0.29) is 22.5 Å². The number of fused-ring (bicyclic) bond motifs is 8. The molecule has 0 atom stereocenters. The van der Waals surface area contributed by atoms with Gasteiger partial charge in [0, 0.05) is 22.1 Å². The molecule has 0 saturated carbocycles. The van der Waals surface area contributed by atoms with Crippen molar-refractivity contribution in [2.75, 3.05) is 0 Å². The van der Waals surface area contributed by atoms with E-state index >= 15 is 0 Å². The van der Waals surface area contributed by atoms with Crippen LogP contribution in [0.25, 0.3) is 46.4 Å². The van der Waals surface area contributed by atoms with Gasteiger partial charge in [0.15, 0.2) is 0 Å². The summed E-state index contributed by atoms with van der Waals surface area (Å²) in [5.41, 5.74) is 7.86. The van der Waals surface area contributed by atoms with Gasteiger partial charge in [-0.3, -0.25) is 0 Å². The van der Waals surface area contributed by atoms with Crippen molar-refractivity contribution >= 4 is 46.4 Å². The number of hydrogen-bond donors (Lipinski definition) is 2. The van der Waals surface area contributed by atoms with Crippen molar-refractivity contribution in [1.82, 2.24) is 19.9 Å². The minimum Gasteiger partial charge on any atom is -0.412 e. The fraction of sp³-hybridized carbons (Fsp3) is 0. The molecule has 0 saturated heterocycles. The Labute approximate surface area is 160 Å². The second-order valence-electron chi connectivity index (χ2n) is 5.91. The summed E-state index contributed by atoms with van der Waals surface area (Å²) in [6.45, 7) is 0. The number of H-pyrrole nitrogens is 2. The molecular formula is C20H16FeN4O+2. The predicted molar refractivity (Wildman–Crippen MR) is 102 cm³/mol. The van der Waals surface area contributed by atoms with Crippen LogP contribution in [0.2, 0.25) is 0 Å². The molecule has 3 aromatic rings. The van der Waals surface area contributed by atoms with E-state index in [0.717, 1.165) is 44.8 Å².